The van der Waals surface area contributed by atoms with Gasteiger partial charge < -0.3 is 29.8 Å². The number of benzene rings is 2. The van der Waals surface area contributed by atoms with Gasteiger partial charge in [0.25, 0.3) is 0 Å². The highest BCUT2D eigenvalue weighted by molar-refractivity contribution is 8.32. The van der Waals surface area contributed by atoms with Crippen molar-refractivity contribution in [1.82, 2.24) is 40.0 Å². The van der Waals surface area contributed by atoms with Gasteiger partial charge in [0.05, 0.1) is 43.2 Å². The Hall–Kier alpha value is -5.06. The third kappa shape index (κ3) is 8.92. The van der Waals surface area contributed by atoms with Gasteiger partial charge in [-0.05, 0) is 73.5 Å². The molecule has 0 unspecified atom stereocenters. The predicted octanol–water partition coefficient (Wildman–Crippen LogP) is 6.23. The van der Waals surface area contributed by atoms with Crippen LogP contribution in [-0.2, 0) is 14.3 Å². The van der Waals surface area contributed by atoms with Gasteiger partial charge in [-0.1, -0.05) is 76.1 Å². The minimum atomic E-state index is -1.09. The van der Waals surface area contributed by atoms with Crippen LogP contribution in [0.25, 0.3) is 11.3 Å². The molecule has 0 saturated carbocycles. The fraction of sp³-hybridized carbons (Fsp3) is 0.452. The fourth-order valence-corrected chi connectivity index (χ4v) is 10.0. The number of alkyl carbamates (subject to hydrolysis) is 1. The van der Waals surface area contributed by atoms with Gasteiger partial charge in [-0.2, -0.15) is 0 Å². The summed E-state index contributed by atoms with van der Waals surface area (Å²) in [5, 5.41) is 2.72. The van der Waals surface area contributed by atoms with Gasteiger partial charge in [0.2, 0.25) is 11.8 Å². The Morgan fingerprint density at radius 3 is 2.29 bits per heavy atom. The highest BCUT2D eigenvalue weighted by Crippen LogP contribution is 2.52. The number of amides is 3. The number of methoxy groups -OCH3 is 1. The van der Waals surface area contributed by atoms with Gasteiger partial charge in [0.15, 0.2) is 0 Å². The molecule has 4 aromatic rings. The molecule has 2 aromatic heterocycles. The molecule has 2 fully saturated rings. The van der Waals surface area contributed by atoms with Crippen molar-refractivity contribution in [3.8, 4) is 23.1 Å². The lowest BCUT2D eigenvalue weighted by Crippen LogP contribution is -2.51. The number of nitrogens with one attached hydrogen (secondary N) is 3. The van der Waals surface area contributed by atoms with E-state index in [2.05, 4.69) is 63.4 Å². The second-order valence-electron chi connectivity index (χ2n) is 15.2. The summed E-state index contributed by atoms with van der Waals surface area (Å²) in [7, 11) is 0.200. The molecule has 55 heavy (non-hydrogen) atoms. The maximum Gasteiger partial charge on any atom is 0.407 e. The monoisotopic (exact) mass is 766 g/mol. The van der Waals surface area contributed by atoms with E-state index < -0.39 is 22.2 Å². The van der Waals surface area contributed by atoms with Crippen molar-refractivity contribution >= 4 is 27.9 Å². The number of H-pyrrole nitrogens is 2. The maximum atomic E-state index is 14.2. The van der Waals surface area contributed by atoms with Crippen molar-refractivity contribution in [2.45, 2.75) is 64.7 Å². The molecule has 3 N–H and O–H groups in total. The zero-order valence-electron chi connectivity index (χ0n) is 33.0. The molecule has 0 bridgehead atoms. The number of imidazole rings is 2. The van der Waals surface area contributed by atoms with Crippen LogP contribution in [0.15, 0.2) is 67.0 Å². The molecule has 292 valence electrons. The second-order valence-corrected chi connectivity index (χ2v) is 19.3. The number of carbonyl (C=O) groups is 3. The first-order valence-electron chi connectivity index (χ1n) is 19.1. The number of carbonyl (C=O) groups excluding carboxylic acids is 3. The van der Waals surface area contributed by atoms with Gasteiger partial charge >= 0.3 is 6.09 Å². The topological polar surface area (TPSA) is 140 Å². The normalized spacial score (nSPS) is 19.5. The largest absolute Gasteiger partial charge is 0.453 e. The van der Waals surface area contributed by atoms with E-state index in [9.17, 15) is 14.4 Å². The Labute approximate surface area is 326 Å². The Morgan fingerprint density at radius 1 is 0.927 bits per heavy atom. The van der Waals surface area contributed by atoms with Crippen molar-refractivity contribution in [3.05, 3.63) is 95.5 Å². The Kier molecular flexibility index (Phi) is 12.4. The average molecular weight is 767 g/mol. The van der Waals surface area contributed by atoms with Crippen molar-refractivity contribution < 1.29 is 19.1 Å². The lowest BCUT2D eigenvalue weighted by Gasteiger charge is -2.34. The van der Waals surface area contributed by atoms with Crippen molar-refractivity contribution in [3.63, 3.8) is 0 Å². The molecule has 4 atom stereocenters. The molecule has 2 aromatic carbocycles. The zero-order chi connectivity index (χ0) is 39.3. The summed E-state index contributed by atoms with van der Waals surface area (Å²) >= 11 is 0. The molecule has 2 aliphatic heterocycles. The van der Waals surface area contributed by atoms with Gasteiger partial charge in [-0.3, -0.25) is 14.5 Å². The van der Waals surface area contributed by atoms with E-state index in [0.717, 1.165) is 59.9 Å². The summed E-state index contributed by atoms with van der Waals surface area (Å²) < 4.78 is 4.79. The van der Waals surface area contributed by atoms with E-state index in [1.807, 2.05) is 84.4 Å². The van der Waals surface area contributed by atoms with Crippen LogP contribution in [0.5, 0.6) is 0 Å². The molecular weight excluding hydrogens is 713 g/mol. The second kappa shape index (κ2) is 17.2. The SMILES string of the molecule is CCN(CC)[C@@H](C(=O)N1CCC[C@H]1c1ncc(-c2ccc(C#Cc3cnc([C@@H]4CS(C)(C)CN4C(=O)[C@@H](NC(=O)OC)C(C)C)[nH]3)cc2)[nH]1)c1ccccc1. The number of aromatic nitrogens is 4. The minimum absolute atomic E-state index is 0.109. The van der Waals surface area contributed by atoms with Crippen LogP contribution in [0.2, 0.25) is 0 Å². The van der Waals surface area contributed by atoms with Crippen LogP contribution in [0.3, 0.4) is 0 Å². The number of hydrogen-bond donors (Lipinski definition) is 3. The Balaban J connectivity index is 1.14. The Morgan fingerprint density at radius 2 is 1.62 bits per heavy atom. The maximum absolute atomic E-state index is 14.2. The van der Waals surface area contributed by atoms with Crippen LogP contribution in [0.1, 0.15) is 87.1 Å². The minimum Gasteiger partial charge on any atom is -0.453 e. The van der Waals surface area contributed by atoms with Crippen LogP contribution in [0, 0.1) is 17.8 Å². The molecule has 0 aliphatic carbocycles. The molecule has 3 amide bonds. The molecular formula is C42H54N8O4S. The van der Waals surface area contributed by atoms with Gasteiger partial charge in [0, 0.05) is 17.9 Å². The van der Waals surface area contributed by atoms with Crippen LogP contribution >= 0.6 is 10.0 Å². The predicted molar refractivity (Wildman–Crippen MR) is 217 cm³/mol. The molecule has 6 rings (SSSR count). The number of nitrogens with zero attached hydrogens (tertiary/aromatic N) is 5. The van der Waals surface area contributed by atoms with Crippen molar-refractivity contribution in [2.24, 2.45) is 5.92 Å². The summed E-state index contributed by atoms with van der Waals surface area (Å²) in [6, 6.07) is 16.7. The Bertz CT molecular complexity index is 2010. The lowest BCUT2D eigenvalue weighted by molar-refractivity contribution is -0.138. The molecule has 4 heterocycles. The summed E-state index contributed by atoms with van der Waals surface area (Å²) in [6.45, 7) is 10.3. The smallest absolute Gasteiger partial charge is 0.407 e. The zero-order valence-corrected chi connectivity index (χ0v) is 33.8. The molecule has 13 heteroatoms. The van der Waals surface area contributed by atoms with Crippen LogP contribution in [-0.4, -0.2) is 109 Å². The third-order valence-electron chi connectivity index (χ3n) is 10.6. The summed E-state index contributed by atoms with van der Waals surface area (Å²) in [6.07, 6.45) is 9.14. The van der Waals surface area contributed by atoms with E-state index in [4.69, 9.17) is 9.72 Å². The van der Waals surface area contributed by atoms with E-state index in [-0.39, 0.29) is 35.9 Å². The third-order valence-corrected chi connectivity index (χ3v) is 12.8. The summed E-state index contributed by atoms with van der Waals surface area (Å²) in [5.74, 6) is 9.21. The molecule has 2 aliphatic rings. The van der Waals surface area contributed by atoms with Gasteiger partial charge in [-0.25, -0.2) is 24.8 Å². The number of hydrogen-bond acceptors (Lipinski definition) is 7. The van der Waals surface area contributed by atoms with Crippen molar-refractivity contribution in [2.75, 3.05) is 50.9 Å². The first-order valence-corrected chi connectivity index (χ1v) is 21.9. The average Bonchev–Trinajstić information content (AvgIpc) is 4.01. The highest BCUT2D eigenvalue weighted by Gasteiger charge is 2.43. The van der Waals surface area contributed by atoms with Crippen LogP contribution < -0.4 is 5.32 Å². The van der Waals surface area contributed by atoms with Gasteiger partial charge in [0.1, 0.15) is 29.4 Å². The van der Waals surface area contributed by atoms with Gasteiger partial charge in [-0.15, -0.1) is 0 Å². The molecule has 12 nitrogen and oxygen atoms in total. The number of rotatable bonds is 11. The van der Waals surface area contributed by atoms with E-state index >= 15 is 0 Å². The first kappa shape index (κ1) is 39.6. The quantitative estimate of drug-likeness (QED) is 0.154. The van der Waals surface area contributed by atoms with E-state index in [0.29, 0.717) is 23.9 Å². The summed E-state index contributed by atoms with van der Waals surface area (Å²) in [4.78, 5) is 62.3. The fourth-order valence-electron chi connectivity index (χ4n) is 7.66. The molecule has 2 saturated heterocycles. The molecule has 0 radical (unpaired) electrons. The first-order chi connectivity index (χ1) is 26.4. The number of likely N-dealkylation sites (tertiary alicyclic amines) is 1. The number of likely N-dealkylation sites (N-methyl/N-ethyl adjacent to an activating group) is 1. The lowest BCUT2D eigenvalue weighted by atomic mass is 10.0. The van der Waals surface area contributed by atoms with E-state index in [1.54, 1.807) is 6.20 Å². The number of ether oxygens (including phenoxy) is 1. The van der Waals surface area contributed by atoms with Crippen LogP contribution in [0.4, 0.5) is 4.79 Å². The van der Waals surface area contributed by atoms with E-state index in [1.165, 1.54) is 7.11 Å². The number of aromatic amines is 2. The highest BCUT2D eigenvalue weighted by atomic mass is 32.3. The standard InChI is InChI=1S/C42H54N8O4S/c1-8-48(9-2)37(31-14-11-10-12-15-31)41(52)49-23-13-16-34(49)38-44-25-33(46-38)30-20-17-29(18-21-30)19-22-32-24-43-39(45-32)35-26-55(6,7)27-50(35)40(51)36(28(3)4)47-42(53)54-5/h10-12,14-15,17-18,20-21,24-25,28,34-37H,8-9,13,16,23,26-27H2,1-7H3,(H,43,45)(H,44,46)(H,47,53)/t34-,35-,36-,37+/m0/s1. The summed E-state index contributed by atoms with van der Waals surface area (Å²) in [5.41, 5.74) is 4.38. The van der Waals surface area contributed by atoms with Crippen molar-refractivity contribution in [1.29, 1.82) is 0 Å². The molecule has 0 spiro atoms.